The van der Waals surface area contributed by atoms with Gasteiger partial charge < -0.3 is 5.32 Å². The number of carbonyl (C=O) groups is 1. The Labute approximate surface area is 154 Å². The normalized spacial score (nSPS) is 11.1. The first-order valence-electron chi connectivity index (χ1n) is 8.11. The molecular weight excluding hydrogens is 347 g/mol. The number of hydrogen-bond donors (Lipinski definition) is 1. The van der Waals surface area contributed by atoms with Crippen molar-refractivity contribution >= 4 is 28.9 Å². The van der Waals surface area contributed by atoms with Crippen LogP contribution in [0.4, 0.5) is 15.8 Å². The second kappa shape index (κ2) is 8.05. The maximum atomic E-state index is 13.1. The fraction of sp³-hybridized carbons (Fsp3) is 0. The van der Waals surface area contributed by atoms with Crippen LogP contribution in [-0.4, -0.2) is 10.8 Å². The molecule has 0 aromatic heterocycles. The Morgan fingerprint density at radius 2 is 1.67 bits per heavy atom. The molecule has 0 radical (unpaired) electrons. The smallest absolute Gasteiger partial charge is 0.270 e. The van der Waals surface area contributed by atoms with Gasteiger partial charge in [-0.3, -0.25) is 14.9 Å². The Hall–Kier alpha value is -3.80. The van der Waals surface area contributed by atoms with Gasteiger partial charge in [-0.15, -0.1) is 0 Å². The van der Waals surface area contributed by atoms with Crippen LogP contribution < -0.4 is 5.32 Å². The quantitative estimate of drug-likeness (QED) is 0.303. The number of nitrogens with zero attached hydrogens (tertiary/aromatic N) is 1. The van der Waals surface area contributed by atoms with E-state index in [0.717, 1.165) is 0 Å². The first-order valence-corrected chi connectivity index (χ1v) is 8.11. The molecule has 0 atom stereocenters. The van der Waals surface area contributed by atoms with Gasteiger partial charge in [0.25, 0.3) is 11.6 Å². The van der Waals surface area contributed by atoms with Crippen LogP contribution in [0.1, 0.15) is 11.1 Å². The van der Waals surface area contributed by atoms with Crippen molar-refractivity contribution in [2.24, 2.45) is 0 Å². The van der Waals surface area contributed by atoms with Crippen molar-refractivity contribution in [2.75, 3.05) is 5.32 Å². The third kappa shape index (κ3) is 4.64. The third-order valence-electron chi connectivity index (χ3n) is 3.82. The molecule has 0 fully saturated rings. The van der Waals surface area contributed by atoms with Crippen LogP contribution in [0.5, 0.6) is 0 Å². The zero-order valence-electron chi connectivity index (χ0n) is 14.1. The lowest BCUT2D eigenvalue weighted by Gasteiger charge is -2.10. The van der Waals surface area contributed by atoms with E-state index < -0.39 is 16.6 Å². The van der Waals surface area contributed by atoms with Crippen molar-refractivity contribution in [3.05, 3.63) is 106 Å². The minimum Gasteiger partial charge on any atom is -0.322 e. The summed E-state index contributed by atoms with van der Waals surface area (Å²) in [5, 5.41) is 13.7. The van der Waals surface area contributed by atoms with E-state index >= 15 is 0 Å². The fourth-order valence-electron chi connectivity index (χ4n) is 2.52. The van der Waals surface area contributed by atoms with Gasteiger partial charge in [0, 0.05) is 23.4 Å². The molecule has 0 aliphatic carbocycles. The van der Waals surface area contributed by atoms with Crippen molar-refractivity contribution in [1.29, 1.82) is 0 Å². The highest BCUT2D eigenvalue weighted by atomic mass is 19.1. The van der Waals surface area contributed by atoms with Gasteiger partial charge in [0.2, 0.25) is 0 Å². The van der Waals surface area contributed by atoms with Crippen molar-refractivity contribution in [3.63, 3.8) is 0 Å². The van der Waals surface area contributed by atoms with Gasteiger partial charge in [0.1, 0.15) is 5.82 Å². The van der Waals surface area contributed by atoms with E-state index in [9.17, 15) is 19.3 Å². The van der Waals surface area contributed by atoms with E-state index in [1.54, 1.807) is 42.5 Å². The van der Waals surface area contributed by atoms with Gasteiger partial charge in [0.15, 0.2) is 0 Å². The van der Waals surface area contributed by atoms with Crippen LogP contribution in [0.3, 0.4) is 0 Å². The van der Waals surface area contributed by atoms with Crippen LogP contribution in [0.2, 0.25) is 0 Å². The summed E-state index contributed by atoms with van der Waals surface area (Å²) in [4.78, 5) is 23.3. The molecule has 6 heteroatoms. The monoisotopic (exact) mass is 362 g/mol. The molecule has 1 N–H and O–H groups in total. The zero-order chi connectivity index (χ0) is 19.2. The lowest BCUT2D eigenvalue weighted by Crippen LogP contribution is -2.13. The molecule has 0 heterocycles. The average Bonchev–Trinajstić information content (AvgIpc) is 2.68. The topological polar surface area (TPSA) is 72.2 Å². The van der Waals surface area contributed by atoms with Crippen LogP contribution in [-0.2, 0) is 4.79 Å². The Balaban J connectivity index is 1.98. The van der Waals surface area contributed by atoms with Gasteiger partial charge in [0.05, 0.1) is 4.92 Å². The molecular formula is C21H15FN2O3. The van der Waals surface area contributed by atoms with Crippen molar-refractivity contribution < 1.29 is 14.1 Å². The number of amides is 1. The predicted octanol–water partition coefficient (Wildman–Crippen LogP) is 4.91. The maximum Gasteiger partial charge on any atom is 0.270 e. The number of hydrogen-bond acceptors (Lipinski definition) is 3. The Morgan fingerprint density at radius 1 is 0.963 bits per heavy atom. The molecule has 0 saturated carbocycles. The van der Waals surface area contributed by atoms with Gasteiger partial charge in [-0.2, -0.15) is 0 Å². The minimum absolute atomic E-state index is 0.0601. The summed E-state index contributed by atoms with van der Waals surface area (Å²) >= 11 is 0. The van der Waals surface area contributed by atoms with Crippen molar-refractivity contribution in [2.45, 2.75) is 0 Å². The van der Waals surface area contributed by atoms with Crippen molar-refractivity contribution in [1.82, 2.24) is 0 Å². The number of rotatable bonds is 5. The lowest BCUT2D eigenvalue weighted by molar-refractivity contribution is -0.384. The van der Waals surface area contributed by atoms with E-state index in [0.29, 0.717) is 22.4 Å². The third-order valence-corrected chi connectivity index (χ3v) is 3.82. The van der Waals surface area contributed by atoms with Crippen molar-refractivity contribution in [3.8, 4) is 0 Å². The number of nitro groups is 1. The summed E-state index contributed by atoms with van der Waals surface area (Å²) < 4.78 is 13.1. The Kier molecular flexibility index (Phi) is 5.37. The molecule has 3 aromatic carbocycles. The van der Waals surface area contributed by atoms with E-state index in [2.05, 4.69) is 5.32 Å². The summed E-state index contributed by atoms with van der Waals surface area (Å²) in [5.74, 6) is -0.803. The van der Waals surface area contributed by atoms with Crippen LogP contribution in [0.15, 0.2) is 78.9 Å². The van der Waals surface area contributed by atoms with Gasteiger partial charge in [-0.05, 0) is 41.5 Å². The Morgan fingerprint density at radius 3 is 2.33 bits per heavy atom. The molecule has 0 aliphatic rings. The summed E-state index contributed by atoms with van der Waals surface area (Å²) in [5.41, 5.74) is 1.90. The number of nitro benzene ring substituents is 1. The summed E-state index contributed by atoms with van der Waals surface area (Å²) in [6.45, 7) is 0. The molecule has 1 amide bonds. The van der Waals surface area contributed by atoms with Crippen LogP contribution >= 0.6 is 0 Å². The number of nitrogens with one attached hydrogen (secondary N) is 1. The van der Waals surface area contributed by atoms with Gasteiger partial charge in [-0.25, -0.2) is 4.39 Å². The molecule has 3 aromatic rings. The minimum atomic E-state index is -0.488. The summed E-state index contributed by atoms with van der Waals surface area (Å²) in [6, 6.07) is 20.4. The molecule has 0 spiro atoms. The maximum absolute atomic E-state index is 13.1. The summed E-state index contributed by atoms with van der Waals surface area (Å²) in [7, 11) is 0. The standard InChI is InChI=1S/C21H15FN2O3/c22-17-9-11-18(12-10-17)23-21(25)20(16-6-2-1-3-7-16)14-15-5-4-8-19(13-15)24(26)27/h1-14H,(H,23,25). The molecule has 0 unspecified atom stereocenters. The van der Waals surface area contributed by atoms with E-state index in [-0.39, 0.29) is 5.69 Å². The first-order chi connectivity index (χ1) is 13.0. The molecule has 5 nitrogen and oxygen atoms in total. The summed E-state index contributed by atoms with van der Waals surface area (Å²) in [6.07, 6.45) is 1.58. The number of carbonyl (C=O) groups excluding carboxylic acids is 1. The molecule has 0 bridgehead atoms. The van der Waals surface area contributed by atoms with Crippen LogP contribution in [0, 0.1) is 15.9 Å². The highest BCUT2D eigenvalue weighted by molar-refractivity contribution is 6.29. The highest BCUT2D eigenvalue weighted by Crippen LogP contribution is 2.23. The first kappa shape index (κ1) is 18.0. The fourth-order valence-corrected chi connectivity index (χ4v) is 2.52. The molecule has 0 saturated heterocycles. The number of non-ortho nitro benzene ring substituents is 1. The molecule has 134 valence electrons. The predicted molar refractivity (Wildman–Crippen MR) is 102 cm³/mol. The van der Waals surface area contributed by atoms with E-state index in [4.69, 9.17) is 0 Å². The SMILES string of the molecule is O=C(Nc1ccc(F)cc1)C(=Cc1cccc([N+](=O)[O-])c1)c1ccccc1. The molecule has 0 aliphatic heterocycles. The number of halogens is 1. The zero-order valence-corrected chi connectivity index (χ0v) is 14.1. The van der Waals surface area contributed by atoms with Gasteiger partial charge >= 0.3 is 0 Å². The molecule has 27 heavy (non-hydrogen) atoms. The van der Waals surface area contributed by atoms with Crippen LogP contribution in [0.25, 0.3) is 11.6 Å². The van der Waals surface area contributed by atoms with E-state index in [1.807, 2.05) is 6.07 Å². The molecule has 3 rings (SSSR count). The van der Waals surface area contributed by atoms with E-state index in [1.165, 1.54) is 36.4 Å². The average molecular weight is 362 g/mol. The highest BCUT2D eigenvalue weighted by Gasteiger charge is 2.14. The second-order valence-corrected chi connectivity index (χ2v) is 5.74. The Bertz CT molecular complexity index is 999. The number of anilines is 1. The second-order valence-electron chi connectivity index (χ2n) is 5.74. The van der Waals surface area contributed by atoms with Gasteiger partial charge in [-0.1, -0.05) is 42.5 Å². The lowest BCUT2D eigenvalue weighted by atomic mass is 10.0. The number of benzene rings is 3. The largest absolute Gasteiger partial charge is 0.322 e.